The van der Waals surface area contributed by atoms with E-state index >= 15 is 0 Å². The summed E-state index contributed by atoms with van der Waals surface area (Å²) in [7, 11) is 0. The molecule has 6 heteroatoms. The molecule has 4 rings (SSSR count). The molecule has 1 unspecified atom stereocenters. The molecule has 2 aromatic rings. The first kappa shape index (κ1) is 18.6. The summed E-state index contributed by atoms with van der Waals surface area (Å²) in [6.07, 6.45) is 1.84. The molecule has 1 aromatic carbocycles. The van der Waals surface area contributed by atoms with E-state index in [0.29, 0.717) is 11.1 Å². The molecule has 28 heavy (non-hydrogen) atoms. The van der Waals surface area contributed by atoms with Crippen molar-refractivity contribution < 1.29 is 9.59 Å². The average molecular weight is 378 g/mol. The van der Waals surface area contributed by atoms with E-state index in [1.165, 1.54) is 0 Å². The topological polar surface area (TPSA) is 79.5 Å². The van der Waals surface area contributed by atoms with E-state index in [2.05, 4.69) is 16.0 Å². The summed E-state index contributed by atoms with van der Waals surface area (Å²) in [5.41, 5.74) is 9.36. The van der Waals surface area contributed by atoms with Crippen LogP contribution in [0.15, 0.2) is 36.4 Å². The van der Waals surface area contributed by atoms with Gasteiger partial charge in [0.05, 0.1) is 22.9 Å². The molecule has 6 nitrogen and oxygen atoms in total. The number of hydrogen-bond donors (Lipinski definition) is 1. The molecule has 2 N–H and O–H groups in total. The first-order chi connectivity index (χ1) is 13.5. The number of carbonyl (C=O) groups is 2. The highest BCUT2D eigenvalue weighted by atomic mass is 16.2. The monoisotopic (exact) mass is 378 g/mol. The summed E-state index contributed by atoms with van der Waals surface area (Å²) in [5.74, 6) is -0.601. The Balaban J connectivity index is 1.46. The molecule has 3 heterocycles. The van der Waals surface area contributed by atoms with Gasteiger partial charge >= 0.3 is 0 Å². The van der Waals surface area contributed by atoms with Gasteiger partial charge in [-0.2, -0.15) is 0 Å². The van der Waals surface area contributed by atoms with Crippen LogP contribution in [0.3, 0.4) is 0 Å². The fourth-order valence-electron chi connectivity index (χ4n) is 4.57. The van der Waals surface area contributed by atoms with Crippen LogP contribution in [0.4, 0.5) is 0 Å². The van der Waals surface area contributed by atoms with Crippen LogP contribution in [0.2, 0.25) is 0 Å². The van der Waals surface area contributed by atoms with Gasteiger partial charge < -0.3 is 10.6 Å². The average Bonchev–Trinajstić information content (AvgIpc) is 2.93. The summed E-state index contributed by atoms with van der Waals surface area (Å²) >= 11 is 0. The van der Waals surface area contributed by atoms with E-state index in [9.17, 15) is 9.59 Å². The Labute approximate surface area is 165 Å². The van der Waals surface area contributed by atoms with E-state index in [1.54, 1.807) is 6.07 Å². The van der Waals surface area contributed by atoms with Crippen LogP contribution in [0, 0.1) is 6.92 Å². The Kier molecular flexibility index (Phi) is 4.89. The van der Waals surface area contributed by atoms with Crippen LogP contribution < -0.4 is 5.73 Å². The van der Waals surface area contributed by atoms with Crippen molar-refractivity contribution in [3.63, 3.8) is 0 Å². The van der Waals surface area contributed by atoms with Crippen LogP contribution in [-0.2, 0) is 6.54 Å². The van der Waals surface area contributed by atoms with E-state index < -0.39 is 5.91 Å². The smallest absolute Gasteiger partial charge is 0.255 e. The highest BCUT2D eigenvalue weighted by molar-refractivity contribution is 6.09. The second kappa shape index (κ2) is 7.36. The predicted octanol–water partition coefficient (Wildman–Crippen LogP) is 2.67. The molecule has 0 saturated carbocycles. The molecular weight excluding hydrogens is 352 g/mol. The maximum Gasteiger partial charge on any atom is 0.255 e. The van der Waals surface area contributed by atoms with Crippen molar-refractivity contribution in [2.24, 2.45) is 5.73 Å². The second-order valence-electron chi connectivity index (χ2n) is 7.80. The maximum absolute atomic E-state index is 13.1. The SMILES string of the molecule is Cc1cccc(CN2CCC(N3C(=O)c4c(C(N)=O)cccc4C3C)CC2)n1. The van der Waals surface area contributed by atoms with Crippen LogP contribution in [0.25, 0.3) is 0 Å². The number of primary amides is 1. The van der Waals surface area contributed by atoms with Crippen molar-refractivity contribution in [3.05, 3.63) is 64.5 Å². The predicted molar refractivity (Wildman–Crippen MR) is 107 cm³/mol. The zero-order chi connectivity index (χ0) is 19.8. The standard InChI is InChI=1S/C22H26N4O2/c1-14-5-3-6-16(24-14)13-25-11-9-17(10-12-25)26-15(2)18-7-4-8-19(21(23)27)20(18)22(26)28/h3-8,15,17H,9-13H2,1-2H3,(H2,23,27). The second-order valence-corrected chi connectivity index (χ2v) is 7.80. The number of piperidine rings is 1. The minimum atomic E-state index is -0.542. The lowest BCUT2D eigenvalue weighted by molar-refractivity contribution is 0.0509. The quantitative estimate of drug-likeness (QED) is 0.887. The van der Waals surface area contributed by atoms with Gasteiger partial charge in [-0.3, -0.25) is 19.5 Å². The molecule has 2 aliphatic rings. The van der Waals surface area contributed by atoms with Crippen molar-refractivity contribution in [2.45, 2.75) is 45.3 Å². The number of likely N-dealkylation sites (tertiary alicyclic amines) is 1. The highest BCUT2D eigenvalue weighted by Gasteiger charge is 2.41. The number of aromatic nitrogens is 1. The van der Waals surface area contributed by atoms with Gasteiger partial charge in [0, 0.05) is 31.4 Å². The minimum Gasteiger partial charge on any atom is -0.366 e. The Morgan fingerprint density at radius 2 is 1.89 bits per heavy atom. The van der Waals surface area contributed by atoms with Crippen molar-refractivity contribution >= 4 is 11.8 Å². The summed E-state index contributed by atoms with van der Waals surface area (Å²) in [6.45, 7) is 6.74. The molecule has 146 valence electrons. The number of carbonyl (C=O) groups excluding carboxylic acids is 2. The number of amides is 2. The molecule has 1 atom stereocenters. The molecule has 2 aliphatic heterocycles. The van der Waals surface area contributed by atoms with Gasteiger partial charge in [0.25, 0.3) is 5.91 Å². The Bertz CT molecular complexity index is 919. The van der Waals surface area contributed by atoms with Gasteiger partial charge in [-0.05, 0) is 50.5 Å². The van der Waals surface area contributed by atoms with E-state index in [4.69, 9.17) is 5.73 Å². The molecule has 1 fully saturated rings. The number of hydrogen-bond acceptors (Lipinski definition) is 4. The van der Waals surface area contributed by atoms with Crippen LogP contribution >= 0.6 is 0 Å². The largest absolute Gasteiger partial charge is 0.366 e. The Hall–Kier alpha value is -2.73. The third-order valence-electron chi connectivity index (χ3n) is 5.96. The number of fused-ring (bicyclic) bond motifs is 1. The third-order valence-corrected chi connectivity index (χ3v) is 5.96. The number of nitrogens with zero attached hydrogens (tertiary/aromatic N) is 3. The summed E-state index contributed by atoms with van der Waals surface area (Å²) in [4.78, 5) is 33.9. The van der Waals surface area contributed by atoms with Gasteiger partial charge in [0.2, 0.25) is 5.91 Å². The Morgan fingerprint density at radius 1 is 1.18 bits per heavy atom. The van der Waals surface area contributed by atoms with Gasteiger partial charge in [-0.15, -0.1) is 0 Å². The van der Waals surface area contributed by atoms with Crippen molar-refractivity contribution in [2.75, 3.05) is 13.1 Å². The zero-order valence-electron chi connectivity index (χ0n) is 16.4. The number of nitrogens with two attached hydrogens (primary N) is 1. The van der Waals surface area contributed by atoms with Gasteiger partial charge in [-0.25, -0.2) is 0 Å². The molecule has 1 aromatic heterocycles. The summed E-state index contributed by atoms with van der Waals surface area (Å²) in [6, 6.07) is 11.7. The van der Waals surface area contributed by atoms with Crippen LogP contribution in [0.5, 0.6) is 0 Å². The molecule has 0 aliphatic carbocycles. The van der Waals surface area contributed by atoms with Crippen molar-refractivity contribution in [3.8, 4) is 0 Å². The fourth-order valence-corrected chi connectivity index (χ4v) is 4.57. The van der Waals surface area contributed by atoms with Gasteiger partial charge in [-0.1, -0.05) is 18.2 Å². The number of rotatable bonds is 4. The Morgan fingerprint density at radius 3 is 2.57 bits per heavy atom. The molecular formula is C22H26N4O2. The highest BCUT2D eigenvalue weighted by Crippen LogP contribution is 2.38. The lowest BCUT2D eigenvalue weighted by Gasteiger charge is -2.38. The first-order valence-electron chi connectivity index (χ1n) is 9.86. The normalized spacial score (nSPS) is 20.4. The van der Waals surface area contributed by atoms with Crippen molar-refractivity contribution in [1.82, 2.24) is 14.8 Å². The van der Waals surface area contributed by atoms with E-state index in [0.717, 1.165) is 49.4 Å². The molecule has 2 amide bonds. The number of benzene rings is 1. The van der Waals surface area contributed by atoms with E-state index in [1.807, 2.05) is 43.0 Å². The summed E-state index contributed by atoms with van der Waals surface area (Å²) in [5, 5.41) is 0. The number of pyridine rings is 1. The van der Waals surface area contributed by atoms with Crippen LogP contribution in [-0.4, -0.2) is 45.7 Å². The zero-order valence-corrected chi connectivity index (χ0v) is 16.4. The van der Waals surface area contributed by atoms with Crippen LogP contribution in [0.1, 0.15) is 63.5 Å². The lowest BCUT2D eigenvalue weighted by atomic mass is 9.99. The summed E-state index contributed by atoms with van der Waals surface area (Å²) < 4.78 is 0. The van der Waals surface area contributed by atoms with Gasteiger partial charge in [0.15, 0.2) is 0 Å². The molecule has 0 radical (unpaired) electrons. The maximum atomic E-state index is 13.1. The third kappa shape index (κ3) is 3.29. The molecule has 0 spiro atoms. The lowest BCUT2D eigenvalue weighted by Crippen LogP contribution is -2.45. The minimum absolute atomic E-state index is 0.0308. The fraction of sp³-hybridized carbons (Fsp3) is 0.409. The number of aryl methyl sites for hydroxylation is 1. The van der Waals surface area contributed by atoms with Crippen molar-refractivity contribution in [1.29, 1.82) is 0 Å². The first-order valence-corrected chi connectivity index (χ1v) is 9.86. The van der Waals surface area contributed by atoms with E-state index in [-0.39, 0.29) is 18.0 Å². The molecule has 0 bridgehead atoms. The molecule has 1 saturated heterocycles. The van der Waals surface area contributed by atoms with Gasteiger partial charge in [0.1, 0.15) is 0 Å².